The van der Waals surface area contributed by atoms with E-state index in [1.807, 2.05) is 12.5 Å². The topological polar surface area (TPSA) is 29.9 Å². The van der Waals surface area contributed by atoms with E-state index in [9.17, 15) is 0 Å². The lowest BCUT2D eigenvalue weighted by Gasteiger charge is -2.07. The van der Waals surface area contributed by atoms with Gasteiger partial charge in [0.15, 0.2) is 0 Å². The maximum Gasteiger partial charge on any atom is 0.0948 e. The molecule has 1 aliphatic carbocycles. The van der Waals surface area contributed by atoms with E-state index in [1.165, 1.54) is 31.5 Å². The highest BCUT2D eigenvalue weighted by molar-refractivity contribution is 4.98. The fourth-order valence-corrected chi connectivity index (χ4v) is 1.66. The first-order chi connectivity index (χ1) is 6.90. The van der Waals surface area contributed by atoms with Gasteiger partial charge in [0, 0.05) is 19.3 Å². The number of hydrogen-bond acceptors (Lipinski definition) is 2. The fraction of sp³-hybridized carbons (Fsp3) is 0.727. The zero-order valence-corrected chi connectivity index (χ0v) is 8.87. The predicted octanol–water partition coefficient (Wildman–Crippen LogP) is 1.79. The molecule has 1 saturated carbocycles. The third-order valence-corrected chi connectivity index (χ3v) is 2.70. The number of nitrogens with zero attached hydrogens (tertiary/aromatic N) is 2. The van der Waals surface area contributed by atoms with Crippen molar-refractivity contribution in [3.8, 4) is 0 Å². The minimum atomic E-state index is 0.956. The molecule has 0 unspecified atom stereocenters. The molecule has 0 aromatic carbocycles. The standard InChI is InChI=1S/C11H19N3/c1-2-5-14-9-13-8-11(14)7-12-6-10-3-4-10/h8-10,12H,2-7H2,1H3. The van der Waals surface area contributed by atoms with E-state index < -0.39 is 0 Å². The Bertz CT molecular complexity index is 276. The SMILES string of the molecule is CCCn1cncc1CNCC1CC1. The summed E-state index contributed by atoms with van der Waals surface area (Å²) < 4.78 is 2.24. The highest BCUT2D eigenvalue weighted by Crippen LogP contribution is 2.27. The average molecular weight is 193 g/mol. The van der Waals surface area contributed by atoms with Crippen LogP contribution in [0.2, 0.25) is 0 Å². The number of aryl methyl sites for hydroxylation is 1. The molecule has 3 heteroatoms. The minimum Gasteiger partial charge on any atom is -0.333 e. The smallest absolute Gasteiger partial charge is 0.0948 e. The first-order valence-electron chi connectivity index (χ1n) is 5.60. The second-order valence-corrected chi connectivity index (χ2v) is 4.15. The molecule has 0 atom stereocenters. The van der Waals surface area contributed by atoms with E-state index in [2.05, 4.69) is 21.8 Å². The zero-order chi connectivity index (χ0) is 9.80. The molecule has 1 fully saturated rings. The summed E-state index contributed by atoms with van der Waals surface area (Å²) in [6.07, 6.45) is 7.90. The summed E-state index contributed by atoms with van der Waals surface area (Å²) in [5.74, 6) is 0.956. The number of aromatic nitrogens is 2. The third-order valence-electron chi connectivity index (χ3n) is 2.70. The van der Waals surface area contributed by atoms with Crippen molar-refractivity contribution >= 4 is 0 Å². The van der Waals surface area contributed by atoms with E-state index in [0.29, 0.717) is 0 Å². The second kappa shape index (κ2) is 4.60. The summed E-state index contributed by atoms with van der Waals surface area (Å²) in [5.41, 5.74) is 1.31. The summed E-state index contributed by atoms with van der Waals surface area (Å²) >= 11 is 0. The van der Waals surface area contributed by atoms with Crippen LogP contribution in [-0.2, 0) is 13.1 Å². The highest BCUT2D eigenvalue weighted by atomic mass is 15.1. The molecule has 3 nitrogen and oxygen atoms in total. The first kappa shape index (κ1) is 9.71. The van der Waals surface area contributed by atoms with Crippen LogP contribution in [0.5, 0.6) is 0 Å². The summed E-state index contributed by atoms with van der Waals surface area (Å²) in [7, 11) is 0. The van der Waals surface area contributed by atoms with Crippen molar-refractivity contribution in [3.05, 3.63) is 18.2 Å². The lowest BCUT2D eigenvalue weighted by Crippen LogP contribution is -2.18. The van der Waals surface area contributed by atoms with Gasteiger partial charge >= 0.3 is 0 Å². The van der Waals surface area contributed by atoms with Gasteiger partial charge in [-0.05, 0) is 31.7 Å². The monoisotopic (exact) mass is 193 g/mol. The molecule has 1 aromatic heterocycles. The maximum atomic E-state index is 4.18. The van der Waals surface area contributed by atoms with E-state index in [0.717, 1.165) is 19.0 Å². The Labute approximate surface area is 85.5 Å². The van der Waals surface area contributed by atoms with E-state index in [-0.39, 0.29) is 0 Å². The van der Waals surface area contributed by atoms with Crippen molar-refractivity contribution in [3.63, 3.8) is 0 Å². The van der Waals surface area contributed by atoms with Gasteiger partial charge in [-0.25, -0.2) is 4.98 Å². The van der Waals surface area contributed by atoms with Crippen LogP contribution in [0.1, 0.15) is 31.9 Å². The molecule has 78 valence electrons. The van der Waals surface area contributed by atoms with Crippen LogP contribution in [0, 0.1) is 5.92 Å². The second-order valence-electron chi connectivity index (χ2n) is 4.15. The quantitative estimate of drug-likeness (QED) is 0.746. The predicted molar refractivity (Wildman–Crippen MR) is 56.9 cm³/mol. The van der Waals surface area contributed by atoms with E-state index in [1.54, 1.807) is 0 Å². The lowest BCUT2D eigenvalue weighted by molar-refractivity contribution is 0.584. The van der Waals surface area contributed by atoms with E-state index in [4.69, 9.17) is 0 Å². The van der Waals surface area contributed by atoms with Crippen LogP contribution in [0.4, 0.5) is 0 Å². The number of hydrogen-bond donors (Lipinski definition) is 1. The molecular formula is C11H19N3. The van der Waals surface area contributed by atoms with Crippen LogP contribution in [-0.4, -0.2) is 16.1 Å². The fourth-order valence-electron chi connectivity index (χ4n) is 1.66. The van der Waals surface area contributed by atoms with Crippen molar-refractivity contribution < 1.29 is 0 Å². The summed E-state index contributed by atoms with van der Waals surface area (Å²) in [4.78, 5) is 4.18. The minimum absolute atomic E-state index is 0.956. The Morgan fingerprint density at radius 2 is 2.43 bits per heavy atom. The molecule has 14 heavy (non-hydrogen) atoms. The Morgan fingerprint density at radius 3 is 3.14 bits per heavy atom. The molecule has 2 rings (SSSR count). The van der Waals surface area contributed by atoms with Gasteiger partial charge in [-0.2, -0.15) is 0 Å². The van der Waals surface area contributed by atoms with Crippen LogP contribution in [0.15, 0.2) is 12.5 Å². The Morgan fingerprint density at radius 1 is 1.57 bits per heavy atom. The number of nitrogens with one attached hydrogen (secondary N) is 1. The van der Waals surface area contributed by atoms with Crippen LogP contribution < -0.4 is 5.32 Å². The van der Waals surface area contributed by atoms with Gasteiger partial charge in [0.1, 0.15) is 0 Å². The molecule has 1 N–H and O–H groups in total. The summed E-state index contributed by atoms with van der Waals surface area (Å²) in [6, 6.07) is 0. The van der Waals surface area contributed by atoms with Gasteiger partial charge in [0.05, 0.1) is 12.0 Å². The Balaban J connectivity index is 1.78. The molecule has 0 radical (unpaired) electrons. The summed E-state index contributed by atoms with van der Waals surface area (Å²) in [5, 5.41) is 3.49. The van der Waals surface area contributed by atoms with Gasteiger partial charge in [-0.1, -0.05) is 6.92 Å². The molecular weight excluding hydrogens is 174 g/mol. The normalized spacial score (nSPS) is 16.1. The average Bonchev–Trinajstić information content (AvgIpc) is 2.89. The van der Waals surface area contributed by atoms with Crippen molar-refractivity contribution in [2.24, 2.45) is 5.92 Å². The molecule has 1 aliphatic rings. The largest absolute Gasteiger partial charge is 0.333 e. The van der Waals surface area contributed by atoms with E-state index >= 15 is 0 Å². The molecule has 0 saturated heterocycles. The van der Waals surface area contributed by atoms with Gasteiger partial charge in [-0.3, -0.25) is 0 Å². The molecule has 0 spiro atoms. The number of imidazole rings is 1. The van der Waals surface area contributed by atoms with Crippen LogP contribution in [0.3, 0.4) is 0 Å². The van der Waals surface area contributed by atoms with Gasteiger partial charge < -0.3 is 9.88 Å². The number of rotatable bonds is 6. The third kappa shape index (κ3) is 2.58. The first-order valence-corrected chi connectivity index (χ1v) is 5.60. The molecule has 0 amide bonds. The molecule has 0 bridgehead atoms. The van der Waals surface area contributed by atoms with Crippen LogP contribution >= 0.6 is 0 Å². The van der Waals surface area contributed by atoms with Crippen molar-refractivity contribution in [1.82, 2.24) is 14.9 Å². The molecule has 0 aliphatic heterocycles. The lowest BCUT2D eigenvalue weighted by atomic mass is 10.4. The summed E-state index contributed by atoms with van der Waals surface area (Å²) in [6.45, 7) is 5.43. The van der Waals surface area contributed by atoms with Crippen LogP contribution in [0.25, 0.3) is 0 Å². The van der Waals surface area contributed by atoms with Crippen molar-refractivity contribution in [1.29, 1.82) is 0 Å². The molecule has 1 aromatic rings. The molecule has 1 heterocycles. The van der Waals surface area contributed by atoms with Gasteiger partial charge in [0.25, 0.3) is 0 Å². The maximum absolute atomic E-state index is 4.18. The van der Waals surface area contributed by atoms with Crippen molar-refractivity contribution in [2.45, 2.75) is 39.3 Å². The Kier molecular flexibility index (Phi) is 3.19. The van der Waals surface area contributed by atoms with Crippen molar-refractivity contribution in [2.75, 3.05) is 6.54 Å². The Hall–Kier alpha value is -0.830. The highest BCUT2D eigenvalue weighted by Gasteiger charge is 2.20. The van der Waals surface area contributed by atoms with Gasteiger partial charge in [0.2, 0.25) is 0 Å². The zero-order valence-electron chi connectivity index (χ0n) is 8.87. The van der Waals surface area contributed by atoms with Gasteiger partial charge in [-0.15, -0.1) is 0 Å².